The van der Waals surface area contributed by atoms with E-state index in [0.717, 1.165) is 31.8 Å². The van der Waals surface area contributed by atoms with Crippen molar-refractivity contribution in [3.63, 3.8) is 0 Å². The van der Waals surface area contributed by atoms with Crippen LogP contribution in [0.1, 0.15) is 36.5 Å². The fourth-order valence-electron chi connectivity index (χ4n) is 3.39. The summed E-state index contributed by atoms with van der Waals surface area (Å²) in [4.78, 5) is 25.4. The number of amides is 1. The van der Waals surface area contributed by atoms with Crippen molar-refractivity contribution >= 4 is 5.91 Å². The van der Waals surface area contributed by atoms with Crippen LogP contribution in [-0.4, -0.2) is 70.1 Å². The highest BCUT2D eigenvalue weighted by atomic mass is 16.5. The van der Waals surface area contributed by atoms with Crippen molar-refractivity contribution in [2.45, 2.75) is 45.4 Å². The summed E-state index contributed by atoms with van der Waals surface area (Å²) >= 11 is 0. The van der Waals surface area contributed by atoms with Crippen LogP contribution >= 0.6 is 0 Å². The Morgan fingerprint density at radius 2 is 2.14 bits per heavy atom. The minimum Gasteiger partial charge on any atom is -0.375 e. The van der Waals surface area contributed by atoms with Crippen molar-refractivity contribution in [1.82, 2.24) is 19.8 Å². The van der Waals surface area contributed by atoms with Crippen molar-refractivity contribution in [2.75, 3.05) is 26.2 Å². The summed E-state index contributed by atoms with van der Waals surface area (Å²) in [5, 5.41) is 0. The van der Waals surface area contributed by atoms with Gasteiger partial charge in [-0.1, -0.05) is 0 Å². The zero-order valence-corrected chi connectivity index (χ0v) is 13.5. The smallest absolute Gasteiger partial charge is 0.274 e. The third kappa shape index (κ3) is 2.98. The SMILES string of the molecule is Cc1cnc(C(=O)N2CC[C@H]3OCCN(C(C)C)[C@@H]3C2)cn1. The van der Waals surface area contributed by atoms with E-state index in [9.17, 15) is 4.79 Å². The average molecular weight is 304 g/mol. The lowest BCUT2D eigenvalue weighted by Crippen LogP contribution is -2.62. The van der Waals surface area contributed by atoms with Crippen LogP contribution in [0.25, 0.3) is 0 Å². The largest absolute Gasteiger partial charge is 0.375 e. The van der Waals surface area contributed by atoms with Crippen molar-refractivity contribution in [3.8, 4) is 0 Å². The normalized spacial score (nSPS) is 26.1. The molecule has 1 amide bonds. The molecule has 3 rings (SSSR count). The Morgan fingerprint density at radius 3 is 2.82 bits per heavy atom. The highest BCUT2D eigenvalue weighted by Crippen LogP contribution is 2.25. The molecule has 3 heterocycles. The Balaban J connectivity index is 1.73. The molecule has 0 bridgehead atoms. The number of morpholine rings is 1. The van der Waals surface area contributed by atoms with Gasteiger partial charge in [0.15, 0.2) is 0 Å². The molecule has 2 atom stereocenters. The molecule has 0 unspecified atom stereocenters. The van der Waals surface area contributed by atoms with Gasteiger partial charge in [-0.2, -0.15) is 0 Å². The second-order valence-corrected chi connectivity index (χ2v) is 6.39. The van der Waals surface area contributed by atoms with Gasteiger partial charge in [0, 0.05) is 31.9 Å². The summed E-state index contributed by atoms with van der Waals surface area (Å²) in [5.74, 6) is -0.0276. The van der Waals surface area contributed by atoms with E-state index in [1.807, 2.05) is 11.8 Å². The summed E-state index contributed by atoms with van der Waals surface area (Å²) in [7, 11) is 0. The number of hydrogen-bond acceptors (Lipinski definition) is 5. The Kier molecular flexibility index (Phi) is 4.40. The number of likely N-dealkylation sites (tertiary alicyclic amines) is 1. The van der Waals surface area contributed by atoms with Gasteiger partial charge >= 0.3 is 0 Å². The number of piperidine rings is 1. The van der Waals surface area contributed by atoms with E-state index in [4.69, 9.17) is 4.74 Å². The fourth-order valence-corrected chi connectivity index (χ4v) is 3.39. The average Bonchev–Trinajstić information content (AvgIpc) is 2.53. The van der Waals surface area contributed by atoms with E-state index < -0.39 is 0 Å². The zero-order chi connectivity index (χ0) is 15.7. The maximum absolute atomic E-state index is 12.6. The molecule has 0 saturated carbocycles. The second-order valence-electron chi connectivity index (χ2n) is 6.39. The van der Waals surface area contributed by atoms with Gasteiger partial charge in [-0.15, -0.1) is 0 Å². The van der Waals surface area contributed by atoms with Crippen molar-refractivity contribution < 1.29 is 9.53 Å². The van der Waals surface area contributed by atoms with Crippen LogP contribution in [0, 0.1) is 6.92 Å². The summed E-state index contributed by atoms with van der Waals surface area (Å²) in [6, 6.07) is 0.746. The number of hydrogen-bond donors (Lipinski definition) is 0. The molecule has 2 aliphatic rings. The Bertz CT molecular complexity index is 531. The third-order valence-electron chi connectivity index (χ3n) is 4.58. The molecular formula is C16H24N4O2. The molecule has 22 heavy (non-hydrogen) atoms. The second kappa shape index (κ2) is 6.30. The van der Waals surface area contributed by atoms with Crippen LogP contribution < -0.4 is 0 Å². The first kappa shape index (κ1) is 15.4. The zero-order valence-electron chi connectivity index (χ0n) is 13.5. The van der Waals surface area contributed by atoms with Crippen molar-refractivity contribution in [1.29, 1.82) is 0 Å². The summed E-state index contributed by atoms with van der Waals surface area (Å²) in [5.41, 5.74) is 1.25. The number of ether oxygens (including phenoxy) is 1. The first-order valence-electron chi connectivity index (χ1n) is 8.01. The van der Waals surface area contributed by atoms with Crippen LogP contribution in [0.3, 0.4) is 0 Å². The van der Waals surface area contributed by atoms with Crippen LogP contribution in [0.2, 0.25) is 0 Å². The van der Waals surface area contributed by atoms with E-state index in [2.05, 4.69) is 28.7 Å². The molecule has 6 heteroatoms. The number of carbonyl (C=O) groups is 1. The Hall–Kier alpha value is -1.53. The van der Waals surface area contributed by atoms with E-state index in [-0.39, 0.29) is 18.1 Å². The third-order valence-corrected chi connectivity index (χ3v) is 4.58. The number of fused-ring (bicyclic) bond motifs is 1. The van der Waals surface area contributed by atoms with E-state index >= 15 is 0 Å². The van der Waals surface area contributed by atoms with Crippen molar-refractivity contribution in [3.05, 3.63) is 23.8 Å². The number of nitrogens with zero attached hydrogens (tertiary/aromatic N) is 4. The number of rotatable bonds is 2. The molecule has 0 radical (unpaired) electrons. The first-order valence-corrected chi connectivity index (χ1v) is 8.01. The van der Waals surface area contributed by atoms with Gasteiger partial charge in [-0.05, 0) is 27.2 Å². The van der Waals surface area contributed by atoms with Gasteiger partial charge < -0.3 is 9.64 Å². The number of aromatic nitrogens is 2. The number of carbonyl (C=O) groups excluding carboxylic acids is 1. The van der Waals surface area contributed by atoms with Crippen LogP contribution in [0.4, 0.5) is 0 Å². The molecule has 0 aromatic carbocycles. The molecular weight excluding hydrogens is 280 g/mol. The van der Waals surface area contributed by atoms with E-state index in [1.54, 1.807) is 12.4 Å². The summed E-state index contributed by atoms with van der Waals surface area (Å²) < 4.78 is 5.90. The molecule has 2 aliphatic heterocycles. The van der Waals surface area contributed by atoms with E-state index in [1.165, 1.54) is 0 Å². The maximum Gasteiger partial charge on any atom is 0.274 e. The van der Waals surface area contributed by atoms with Gasteiger partial charge in [0.05, 0.1) is 30.6 Å². The van der Waals surface area contributed by atoms with Crippen LogP contribution in [0.5, 0.6) is 0 Å². The minimum atomic E-state index is -0.0276. The highest BCUT2D eigenvalue weighted by molar-refractivity contribution is 5.92. The van der Waals surface area contributed by atoms with Gasteiger partial charge in [0.25, 0.3) is 5.91 Å². The molecule has 0 aliphatic carbocycles. The lowest BCUT2D eigenvalue weighted by atomic mass is 9.97. The monoisotopic (exact) mass is 304 g/mol. The Morgan fingerprint density at radius 1 is 1.32 bits per heavy atom. The molecule has 2 saturated heterocycles. The highest BCUT2D eigenvalue weighted by Gasteiger charge is 2.39. The first-order chi connectivity index (χ1) is 10.6. The summed E-state index contributed by atoms with van der Waals surface area (Å²) in [6.07, 6.45) is 4.34. The molecule has 1 aromatic heterocycles. The molecule has 120 valence electrons. The standard InChI is InChI=1S/C16H24N4O2/c1-11(2)20-6-7-22-15-4-5-19(10-14(15)20)16(21)13-9-17-12(3)8-18-13/h8-9,11,14-15H,4-7,10H2,1-3H3/t14-,15-/m1/s1. The molecule has 0 spiro atoms. The van der Waals surface area contributed by atoms with Gasteiger partial charge in [0.2, 0.25) is 0 Å². The van der Waals surface area contributed by atoms with E-state index in [0.29, 0.717) is 18.3 Å². The fraction of sp³-hybridized carbons (Fsp3) is 0.688. The molecule has 2 fully saturated rings. The predicted molar refractivity (Wildman–Crippen MR) is 82.7 cm³/mol. The summed E-state index contributed by atoms with van der Waals surface area (Å²) in [6.45, 7) is 9.43. The maximum atomic E-state index is 12.6. The Labute approximate surface area is 131 Å². The predicted octanol–water partition coefficient (Wildman–Crippen LogP) is 1.11. The van der Waals surface area contributed by atoms with Crippen LogP contribution in [-0.2, 0) is 4.74 Å². The minimum absolute atomic E-state index is 0.0276. The van der Waals surface area contributed by atoms with Gasteiger partial charge in [-0.3, -0.25) is 14.7 Å². The molecule has 1 aromatic rings. The van der Waals surface area contributed by atoms with Crippen LogP contribution in [0.15, 0.2) is 12.4 Å². The van der Waals surface area contributed by atoms with Gasteiger partial charge in [-0.25, -0.2) is 4.98 Å². The van der Waals surface area contributed by atoms with Gasteiger partial charge in [0.1, 0.15) is 5.69 Å². The lowest BCUT2D eigenvalue weighted by Gasteiger charge is -2.48. The molecule has 0 N–H and O–H groups in total. The lowest BCUT2D eigenvalue weighted by molar-refractivity contribution is -0.107. The molecule has 6 nitrogen and oxygen atoms in total. The topological polar surface area (TPSA) is 58.6 Å². The quantitative estimate of drug-likeness (QED) is 0.819. The number of aryl methyl sites for hydroxylation is 1. The van der Waals surface area contributed by atoms with Crippen molar-refractivity contribution in [2.24, 2.45) is 0 Å².